The second-order valence-electron chi connectivity index (χ2n) is 5.60. The number of halogens is 1. The minimum Gasteiger partial charge on any atom is -0.465 e. The molecule has 0 spiro atoms. The van der Waals surface area contributed by atoms with Gasteiger partial charge in [-0.1, -0.05) is 23.5 Å². The van der Waals surface area contributed by atoms with Crippen LogP contribution in [0, 0.1) is 5.82 Å². The van der Waals surface area contributed by atoms with E-state index in [-0.39, 0.29) is 16.9 Å². The number of ether oxygens (including phenoxy) is 2. The summed E-state index contributed by atoms with van der Waals surface area (Å²) in [5.74, 6) is -1.55. The van der Waals surface area contributed by atoms with Crippen molar-refractivity contribution in [3.05, 3.63) is 64.2 Å². The van der Waals surface area contributed by atoms with Gasteiger partial charge in [-0.05, 0) is 30.3 Å². The molecule has 140 valence electrons. The Balaban J connectivity index is 2.13. The van der Waals surface area contributed by atoms with E-state index in [0.29, 0.717) is 22.7 Å². The monoisotopic (exact) mass is 388 g/mol. The number of fused-ring (bicyclic) bond motifs is 1. The lowest BCUT2D eigenvalue weighted by atomic mass is 10.1. The maximum Gasteiger partial charge on any atom is 0.338 e. The summed E-state index contributed by atoms with van der Waals surface area (Å²) in [6.07, 6.45) is 0. The molecule has 1 heterocycles. The highest BCUT2D eigenvalue weighted by molar-refractivity contribution is 7.16. The third-order valence-electron chi connectivity index (χ3n) is 3.92. The first-order valence-corrected chi connectivity index (χ1v) is 8.91. The van der Waals surface area contributed by atoms with Gasteiger partial charge in [-0.2, -0.15) is 4.99 Å². The minimum absolute atomic E-state index is 0.143. The molecule has 0 bridgehead atoms. The van der Waals surface area contributed by atoms with Gasteiger partial charge in [-0.15, -0.1) is 0 Å². The second kappa shape index (κ2) is 8.24. The van der Waals surface area contributed by atoms with Crippen molar-refractivity contribution in [2.75, 3.05) is 20.8 Å². The smallest absolute Gasteiger partial charge is 0.338 e. The van der Waals surface area contributed by atoms with Crippen LogP contribution in [0.1, 0.15) is 20.7 Å². The highest BCUT2D eigenvalue weighted by Gasteiger charge is 2.17. The van der Waals surface area contributed by atoms with Crippen molar-refractivity contribution >= 4 is 33.4 Å². The first kappa shape index (κ1) is 18.9. The molecule has 0 radical (unpaired) electrons. The Bertz CT molecular complexity index is 1070. The van der Waals surface area contributed by atoms with Gasteiger partial charge in [0.2, 0.25) is 0 Å². The molecule has 1 amide bonds. The molecule has 3 aromatic rings. The van der Waals surface area contributed by atoms with Gasteiger partial charge in [0.05, 0.1) is 35.1 Å². The number of aromatic nitrogens is 1. The molecular weight excluding hydrogens is 371 g/mol. The van der Waals surface area contributed by atoms with Gasteiger partial charge in [0.1, 0.15) is 5.82 Å². The van der Waals surface area contributed by atoms with Crippen molar-refractivity contribution in [3.8, 4) is 0 Å². The third kappa shape index (κ3) is 3.96. The summed E-state index contributed by atoms with van der Waals surface area (Å²) >= 11 is 1.20. The molecule has 6 nitrogen and oxygen atoms in total. The second-order valence-corrected chi connectivity index (χ2v) is 6.60. The Morgan fingerprint density at radius 3 is 2.59 bits per heavy atom. The normalized spacial score (nSPS) is 11.7. The summed E-state index contributed by atoms with van der Waals surface area (Å²) in [7, 11) is 2.82. The van der Waals surface area contributed by atoms with Crippen molar-refractivity contribution < 1.29 is 23.5 Å². The van der Waals surface area contributed by atoms with E-state index in [1.807, 2.05) is 0 Å². The van der Waals surface area contributed by atoms with Crippen LogP contribution in [0.5, 0.6) is 0 Å². The number of thiazole rings is 1. The average molecular weight is 388 g/mol. The quantitative estimate of drug-likeness (QED) is 0.630. The Morgan fingerprint density at radius 2 is 1.89 bits per heavy atom. The molecule has 8 heteroatoms. The van der Waals surface area contributed by atoms with Crippen molar-refractivity contribution in [1.82, 2.24) is 4.57 Å². The summed E-state index contributed by atoms with van der Waals surface area (Å²) in [6.45, 7) is 0.857. The fourth-order valence-corrected chi connectivity index (χ4v) is 3.72. The molecule has 2 aromatic carbocycles. The van der Waals surface area contributed by atoms with E-state index < -0.39 is 11.9 Å². The summed E-state index contributed by atoms with van der Waals surface area (Å²) < 4.78 is 25.9. The predicted molar refractivity (Wildman–Crippen MR) is 99.3 cm³/mol. The van der Waals surface area contributed by atoms with Gasteiger partial charge < -0.3 is 14.0 Å². The number of methoxy groups -OCH3 is 2. The first-order valence-electron chi connectivity index (χ1n) is 8.09. The number of carbonyl (C=O) groups is 2. The largest absolute Gasteiger partial charge is 0.465 e. The number of rotatable bonds is 5. The number of nitrogens with zero attached hydrogens (tertiary/aromatic N) is 2. The number of esters is 1. The van der Waals surface area contributed by atoms with Gasteiger partial charge in [0, 0.05) is 13.7 Å². The maximum absolute atomic E-state index is 13.6. The van der Waals surface area contributed by atoms with Crippen LogP contribution in [0.25, 0.3) is 10.2 Å². The van der Waals surface area contributed by atoms with Gasteiger partial charge in [0.15, 0.2) is 4.80 Å². The molecule has 1 aromatic heterocycles. The lowest BCUT2D eigenvalue weighted by Crippen LogP contribution is -2.20. The summed E-state index contributed by atoms with van der Waals surface area (Å²) in [5, 5.41) is 0. The molecule has 0 fully saturated rings. The standard InChI is InChI=1S/C19H17FN2O4S/c1-25-10-9-22-15-8-7-12(20)11-16(15)27-19(22)21-17(23)13-5-3-4-6-14(13)18(24)26-2/h3-8,11H,9-10H2,1-2H3. The molecule has 0 saturated carbocycles. The molecular formula is C19H17FN2O4S. The number of amides is 1. The number of hydrogen-bond acceptors (Lipinski definition) is 5. The topological polar surface area (TPSA) is 69.9 Å². The maximum atomic E-state index is 13.6. The van der Waals surface area contributed by atoms with E-state index in [0.717, 1.165) is 5.52 Å². The molecule has 0 unspecified atom stereocenters. The SMILES string of the molecule is COCCn1c(=NC(=O)c2ccccc2C(=O)OC)sc2cc(F)ccc21. The first-order chi connectivity index (χ1) is 13.0. The molecule has 0 aliphatic carbocycles. The van der Waals surface area contributed by atoms with E-state index >= 15 is 0 Å². The lowest BCUT2D eigenvalue weighted by Gasteiger charge is -2.05. The Labute approximate surface area is 158 Å². The summed E-state index contributed by atoms with van der Waals surface area (Å²) in [6, 6.07) is 10.7. The fourth-order valence-electron chi connectivity index (χ4n) is 2.64. The third-order valence-corrected chi connectivity index (χ3v) is 4.96. The molecule has 0 atom stereocenters. The van der Waals surface area contributed by atoms with Crippen LogP contribution < -0.4 is 4.80 Å². The number of benzene rings is 2. The molecule has 0 N–H and O–H groups in total. The van der Waals surface area contributed by atoms with E-state index in [1.54, 1.807) is 29.9 Å². The predicted octanol–water partition coefficient (Wildman–Crippen LogP) is 3.02. The molecule has 3 rings (SSSR count). The van der Waals surface area contributed by atoms with E-state index in [2.05, 4.69) is 4.99 Å². The minimum atomic E-state index is -0.611. The van der Waals surface area contributed by atoms with E-state index in [1.165, 1.54) is 42.7 Å². The highest BCUT2D eigenvalue weighted by atomic mass is 32.1. The van der Waals surface area contributed by atoms with Crippen molar-refractivity contribution in [1.29, 1.82) is 0 Å². The van der Waals surface area contributed by atoms with Crippen LogP contribution >= 0.6 is 11.3 Å². The van der Waals surface area contributed by atoms with Crippen LogP contribution in [-0.2, 0) is 16.0 Å². The van der Waals surface area contributed by atoms with Gasteiger partial charge in [-0.3, -0.25) is 4.79 Å². The summed E-state index contributed by atoms with van der Waals surface area (Å²) in [5.41, 5.74) is 1.04. The van der Waals surface area contributed by atoms with Crippen LogP contribution in [0.2, 0.25) is 0 Å². The fraction of sp³-hybridized carbons (Fsp3) is 0.211. The van der Waals surface area contributed by atoms with Crippen LogP contribution in [0.3, 0.4) is 0 Å². The van der Waals surface area contributed by atoms with Crippen LogP contribution in [0.15, 0.2) is 47.5 Å². The molecule has 0 aliphatic heterocycles. The Kier molecular flexibility index (Phi) is 5.78. The summed E-state index contributed by atoms with van der Waals surface area (Å²) in [4.78, 5) is 29.2. The molecule has 0 saturated heterocycles. The zero-order valence-corrected chi connectivity index (χ0v) is 15.6. The molecule has 0 aliphatic rings. The van der Waals surface area contributed by atoms with Gasteiger partial charge >= 0.3 is 5.97 Å². The Morgan fingerprint density at radius 1 is 1.15 bits per heavy atom. The van der Waals surface area contributed by atoms with E-state index in [4.69, 9.17) is 9.47 Å². The van der Waals surface area contributed by atoms with Crippen LogP contribution in [0.4, 0.5) is 4.39 Å². The average Bonchev–Trinajstić information content (AvgIpc) is 3.01. The highest BCUT2D eigenvalue weighted by Crippen LogP contribution is 2.19. The zero-order chi connectivity index (χ0) is 19.4. The van der Waals surface area contributed by atoms with Crippen molar-refractivity contribution in [2.45, 2.75) is 6.54 Å². The number of hydrogen-bond donors (Lipinski definition) is 0. The lowest BCUT2D eigenvalue weighted by molar-refractivity contribution is 0.0597. The van der Waals surface area contributed by atoms with E-state index in [9.17, 15) is 14.0 Å². The Hall–Kier alpha value is -2.84. The number of carbonyl (C=O) groups excluding carboxylic acids is 2. The zero-order valence-electron chi connectivity index (χ0n) is 14.8. The van der Waals surface area contributed by atoms with Gasteiger partial charge in [-0.25, -0.2) is 9.18 Å². The van der Waals surface area contributed by atoms with Crippen LogP contribution in [-0.4, -0.2) is 37.3 Å². The van der Waals surface area contributed by atoms with Gasteiger partial charge in [0.25, 0.3) is 5.91 Å². The van der Waals surface area contributed by atoms with Crippen molar-refractivity contribution in [3.63, 3.8) is 0 Å². The van der Waals surface area contributed by atoms with Crippen molar-refractivity contribution in [2.24, 2.45) is 4.99 Å². The molecule has 27 heavy (non-hydrogen) atoms.